The quantitative estimate of drug-likeness (QED) is 0.875. The van der Waals surface area contributed by atoms with Gasteiger partial charge in [-0.15, -0.1) is 0 Å². The Morgan fingerprint density at radius 3 is 2.71 bits per heavy atom. The topological polar surface area (TPSA) is 45.4 Å². The third kappa shape index (κ3) is 2.85. The zero-order valence-electron chi connectivity index (χ0n) is 13.0. The lowest BCUT2D eigenvalue weighted by Crippen LogP contribution is -2.39. The van der Waals surface area contributed by atoms with Crippen molar-refractivity contribution < 1.29 is 9.52 Å². The summed E-state index contributed by atoms with van der Waals surface area (Å²) in [6, 6.07) is 8.33. The van der Waals surface area contributed by atoms with Crippen LogP contribution in [0, 0.1) is 0 Å². The van der Waals surface area contributed by atoms with Gasteiger partial charge in [-0.3, -0.25) is 0 Å². The predicted molar refractivity (Wildman–Crippen MR) is 85.4 cm³/mol. The molecule has 0 radical (unpaired) electrons. The van der Waals surface area contributed by atoms with E-state index in [1.165, 1.54) is 10.9 Å². The molecule has 1 unspecified atom stereocenters. The molecule has 1 atom stereocenters. The second-order valence-electron chi connectivity index (χ2n) is 6.33. The maximum atomic E-state index is 10.5. The van der Waals surface area contributed by atoms with Crippen molar-refractivity contribution in [3.8, 4) is 0 Å². The van der Waals surface area contributed by atoms with Crippen LogP contribution in [-0.4, -0.2) is 17.3 Å². The first kappa shape index (κ1) is 14.6. The van der Waals surface area contributed by atoms with E-state index in [1.807, 2.05) is 12.1 Å². The average Bonchev–Trinajstić information content (AvgIpc) is 3.08. The van der Waals surface area contributed by atoms with Crippen LogP contribution in [0.5, 0.6) is 0 Å². The van der Waals surface area contributed by atoms with Crippen LogP contribution in [0.4, 0.5) is 0 Å². The van der Waals surface area contributed by atoms with E-state index >= 15 is 0 Å². The lowest BCUT2D eigenvalue weighted by atomic mass is 10.0. The fourth-order valence-corrected chi connectivity index (χ4v) is 3.48. The van der Waals surface area contributed by atoms with Gasteiger partial charge in [0.25, 0.3) is 0 Å². The Balaban J connectivity index is 1.79. The number of para-hydroxylation sites is 1. The van der Waals surface area contributed by atoms with Crippen LogP contribution < -0.4 is 5.32 Å². The molecule has 1 heterocycles. The van der Waals surface area contributed by atoms with Crippen LogP contribution in [-0.2, 0) is 6.42 Å². The lowest BCUT2D eigenvalue weighted by molar-refractivity contribution is 0.0447. The summed E-state index contributed by atoms with van der Waals surface area (Å²) in [6.45, 7) is 4.93. The highest BCUT2D eigenvalue weighted by molar-refractivity contribution is 5.82. The molecule has 3 nitrogen and oxygen atoms in total. The maximum Gasteiger partial charge on any atom is 0.134 e. The van der Waals surface area contributed by atoms with Crippen molar-refractivity contribution in [1.29, 1.82) is 0 Å². The number of hydrogen-bond donors (Lipinski definition) is 2. The predicted octanol–water partition coefficient (Wildman–Crippen LogP) is 3.95. The molecule has 1 aliphatic carbocycles. The Kier molecular flexibility index (Phi) is 4.05. The SMILES string of the molecule is CCc1c(C(C)NCC2(O)CCCC2)oc2ccccc12. The molecule has 1 fully saturated rings. The lowest BCUT2D eigenvalue weighted by Gasteiger charge is -2.24. The molecule has 1 saturated carbocycles. The first-order valence-corrected chi connectivity index (χ1v) is 8.09. The minimum absolute atomic E-state index is 0.122. The normalized spacial score (nSPS) is 19.2. The Morgan fingerprint density at radius 1 is 1.29 bits per heavy atom. The molecule has 1 aliphatic rings. The third-order valence-corrected chi connectivity index (χ3v) is 4.75. The van der Waals surface area contributed by atoms with Gasteiger partial charge in [0, 0.05) is 17.5 Å². The molecule has 2 N–H and O–H groups in total. The molecule has 0 aliphatic heterocycles. The third-order valence-electron chi connectivity index (χ3n) is 4.75. The number of rotatable bonds is 5. The van der Waals surface area contributed by atoms with Gasteiger partial charge >= 0.3 is 0 Å². The molecule has 3 rings (SSSR count). The Morgan fingerprint density at radius 2 is 2.00 bits per heavy atom. The number of aliphatic hydroxyl groups is 1. The molecule has 0 amide bonds. The van der Waals surface area contributed by atoms with E-state index in [1.54, 1.807) is 0 Å². The van der Waals surface area contributed by atoms with Crippen LogP contribution in [0.3, 0.4) is 0 Å². The summed E-state index contributed by atoms with van der Waals surface area (Å²) >= 11 is 0. The van der Waals surface area contributed by atoms with Crippen LogP contribution in [0.2, 0.25) is 0 Å². The van der Waals surface area contributed by atoms with Gasteiger partial charge < -0.3 is 14.8 Å². The number of hydrogen-bond acceptors (Lipinski definition) is 3. The first-order chi connectivity index (χ1) is 10.1. The minimum atomic E-state index is -0.521. The molecule has 114 valence electrons. The molecule has 3 heteroatoms. The van der Waals surface area contributed by atoms with Crippen molar-refractivity contribution in [2.75, 3.05) is 6.54 Å². The summed E-state index contributed by atoms with van der Waals surface area (Å²) < 4.78 is 6.06. The van der Waals surface area contributed by atoms with Crippen LogP contribution in [0.1, 0.15) is 56.9 Å². The Bertz CT molecular complexity index is 611. The summed E-state index contributed by atoms with van der Waals surface area (Å²) in [5, 5.41) is 15.1. The monoisotopic (exact) mass is 287 g/mol. The van der Waals surface area contributed by atoms with Gasteiger partial charge in [-0.1, -0.05) is 38.0 Å². The van der Waals surface area contributed by atoms with Gasteiger partial charge in [-0.05, 0) is 32.3 Å². The van der Waals surface area contributed by atoms with Crippen molar-refractivity contribution in [2.24, 2.45) is 0 Å². The molecular weight excluding hydrogens is 262 g/mol. The summed E-state index contributed by atoms with van der Waals surface area (Å²) in [5.41, 5.74) is 1.72. The van der Waals surface area contributed by atoms with Gasteiger partial charge in [0.1, 0.15) is 11.3 Å². The van der Waals surface area contributed by atoms with Crippen LogP contribution in [0.25, 0.3) is 11.0 Å². The van der Waals surface area contributed by atoms with E-state index in [-0.39, 0.29) is 6.04 Å². The van der Waals surface area contributed by atoms with Crippen molar-refractivity contribution in [1.82, 2.24) is 5.32 Å². The Labute approximate surface area is 126 Å². The summed E-state index contributed by atoms with van der Waals surface area (Å²) in [7, 11) is 0. The fourth-order valence-electron chi connectivity index (χ4n) is 3.48. The van der Waals surface area contributed by atoms with E-state index in [9.17, 15) is 5.11 Å². The zero-order chi connectivity index (χ0) is 14.9. The first-order valence-electron chi connectivity index (χ1n) is 8.09. The maximum absolute atomic E-state index is 10.5. The van der Waals surface area contributed by atoms with Crippen molar-refractivity contribution >= 4 is 11.0 Å². The number of furan rings is 1. The summed E-state index contributed by atoms with van der Waals surface area (Å²) in [5.74, 6) is 1.01. The summed E-state index contributed by atoms with van der Waals surface area (Å²) in [6.07, 6.45) is 5.05. The zero-order valence-corrected chi connectivity index (χ0v) is 13.0. The number of aryl methyl sites for hydroxylation is 1. The minimum Gasteiger partial charge on any atom is -0.459 e. The number of nitrogens with one attached hydrogen (secondary N) is 1. The second-order valence-corrected chi connectivity index (χ2v) is 6.33. The molecular formula is C18H25NO2. The summed E-state index contributed by atoms with van der Waals surface area (Å²) in [4.78, 5) is 0. The van der Waals surface area contributed by atoms with Gasteiger partial charge in [0.05, 0.1) is 11.6 Å². The van der Waals surface area contributed by atoms with Gasteiger partial charge in [0.15, 0.2) is 0 Å². The molecule has 2 aromatic rings. The number of benzene rings is 1. The fraction of sp³-hybridized carbons (Fsp3) is 0.556. The smallest absolute Gasteiger partial charge is 0.134 e. The van der Waals surface area contributed by atoms with E-state index in [4.69, 9.17) is 4.42 Å². The highest BCUT2D eigenvalue weighted by atomic mass is 16.3. The molecule has 0 saturated heterocycles. The highest BCUT2D eigenvalue weighted by Gasteiger charge is 2.31. The van der Waals surface area contributed by atoms with E-state index < -0.39 is 5.60 Å². The molecule has 1 aromatic heterocycles. The molecule has 0 bridgehead atoms. The largest absolute Gasteiger partial charge is 0.459 e. The van der Waals surface area contributed by atoms with Crippen LogP contribution >= 0.6 is 0 Å². The second kappa shape index (κ2) is 5.82. The highest BCUT2D eigenvalue weighted by Crippen LogP contribution is 2.32. The standard InChI is InChI=1S/C18H25NO2/c1-3-14-15-8-4-5-9-16(15)21-17(14)13(2)19-12-18(20)10-6-7-11-18/h4-5,8-9,13,19-20H,3,6-7,10-12H2,1-2H3. The van der Waals surface area contributed by atoms with Gasteiger partial charge in [0.2, 0.25) is 0 Å². The molecule has 21 heavy (non-hydrogen) atoms. The van der Waals surface area contributed by atoms with Crippen molar-refractivity contribution in [2.45, 2.75) is 57.6 Å². The van der Waals surface area contributed by atoms with Crippen LogP contribution in [0.15, 0.2) is 28.7 Å². The number of fused-ring (bicyclic) bond motifs is 1. The van der Waals surface area contributed by atoms with E-state index in [0.717, 1.165) is 43.4 Å². The van der Waals surface area contributed by atoms with Crippen molar-refractivity contribution in [3.63, 3.8) is 0 Å². The van der Waals surface area contributed by atoms with Gasteiger partial charge in [-0.25, -0.2) is 0 Å². The van der Waals surface area contributed by atoms with Crippen molar-refractivity contribution in [3.05, 3.63) is 35.6 Å². The molecule has 0 spiro atoms. The Hall–Kier alpha value is -1.32. The molecule has 1 aromatic carbocycles. The van der Waals surface area contributed by atoms with E-state index in [2.05, 4.69) is 31.3 Å². The average molecular weight is 287 g/mol. The van der Waals surface area contributed by atoms with Gasteiger partial charge in [-0.2, -0.15) is 0 Å². The van der Waals surface area contributed by atoms with E-state index in [0.29, 0.717) is 6.54 Å².